The molecule has 2 N–H and O–H groups in total. The van der Waals surface area contributed by atoms with Crippen molar-refractivity contribution in [1.29, 1.82) is 0 Å². The Morgan fingerprint density at radius 2 is 1.82 bits per heavy atom. The molecule has 0 radical (unpaired) electrons. The summed E-state index contributed by atoms with van der Waals surface area (Å²) >= 11 is 0. The number of amides is 3. The van der Waals surface area contributed by atoms with Crippen LogP contribution in [0.5, 0.6) is 0 Å². The molecular weight excluding hydrogens is 574 g/mol. The summed E-state index contributed by atoms with van der Waals surface area (Å²) in [5.41, 5.74) is -0.662. The summed E-state index contributed by atoms with van der Waals surface area (Å²) in [4.78, 5) is 59.5. The molecule has 5 rings (SSSR count). The molecule has 0 aromatic heterocycles. The van der Waals surface area contributed by atoms with Crippen molar-refractivity contribution in [2.45, 2.75) is 95.7 Å². The number of allylic oxidation sites excluding steroid dienone is 1. The lowest BCUT2D eigenvalue weighted by Gasteiger charge is -2.41. The number of rotatable bonds is 8. The molecule has 1 spiro atoms. The largest absolute Gasteiger partial charge is 0.455 e. The van der Waals surface area contributed by atoms with Gasteiger partial charge in [0.05, 0.1) is 31.2 Å². The van der Waals surface area contributed by atoms with Gasteiger partial charge in [-0.25, -0.2) is 0 Å². The van der Waals surface area contributed by atoms with E-state index in [0.29, 0.717) is 24.9 Å². The van der Waals surface area contributed by atoms with E-state index in [-0.39, 0.29) is 49.3 Å². The van der Waals surface area contributed by atoms with Gasteiger partial charge in [-0.2, -0.15) is 0 Å². The van der Waals surface area contributed by atoms with E-state index in [0.717, 1.165) is 12.8 Å². The van der Waals surface area contributed by atoms with E-state index in [2.05, 4.69) is 12.2 Å². The second-order valence-electron chi connectivity index (χ2n) is 12.9. The first kappa shape index (κ1) is 32.9. The Kier molecular flexibility index (Phi) is 10.1. The number of cyclic esters (lactones) is 1. The zero-order valence-electron chi connectivity index (χ0n) is 26.8. The SMILES string of the molecule is CCCC(C)N1C/C=C\CCC(=O)NC[C@@H](c2ccccc2)OC(=O)[C@@H]2[C@@H]3C=C[C@]4(O3)[C@H](C1=O)N([C@@H](CO)[C@@H](C)CC)C(=O)[C@@H]24. The highest BCUT2D eigenvalue weighted by atomic mass is 16.6. The topological polar surface area (TPSA) is 125 Å². The molecular formula is C35H47N3O7. The summed E-state index contributed by atoms with van der Waals surface area (Å²) in [5, 5.41) is 13.5. The average Bonchev–Trinajstić information content (AvgIpc) is 3.68. The van der Waals surface area contributed by atoms with Crippen LogP contribution in [0.1, 0.15) is 71.5 Å². The minimum atomic E-state index is -1.37. The van der Waals surface area contributed by atoms with Gasteiger partial charge in [-0.15, -0.1) is 0 Å². The number of nitrogens with one attached hydrogen (secondary N) is 1. The van der Waals surface area contributed by atoms with Gasteiger partial charge in [-0.3, -0.25) is 19.2 Å². The Labute approximate surface area is 265 Å². The number of hydrogen-bond acceptors (Lipinski definition) is 7. The number of likely N-dealkylation sites (tertiary alicyclic amines) is 1. The van der Waals surface area contributed by atoms with Crippen molar-refractivity contribution in [3.05, 3.63) is 60.2 Å². The molecule has 0 aliphatic carbocycles. The number of nitrogens with zero attached hydrogens (tertiary/aromatic N) is 2. The van der Waals surface area contributed by atoms with Crippen LogP contribution in [0.2, 0.25) is 0 Å². The fraction of sp³-hybridized carbons (Fsp3) is 0.600. The second-order valence-corrected chi connectivity index (χ2v) is 12.9. The molecule has 2 saturated heterocycles. The number of ether oxygens (including phenoxy) is 2. The van der Waals surface area contributed by atoms with Gasteiger partial charge in [-0.05, 0) is 31.2 Å². The second kappa shape index (κ2) is 13.9. The number of aliphatic hydroxyl groups excluding tert-OH is 1. The van der Waals surface area contributed by atoms with Crippen LogP contribution in [0.25, 0.3) is 0 Å². The lowest BCUT2D eigenvalue weighted by Crippen LogP contribution is -2.60. The molecule has 3 amide bonds. The summed E-state index contributed by atoms with van der Waals surface area (Å²) in [5.74, 6) is -3.55. The third kappa shape index (κ3) is 6.06. The van der Waals surface area contributed by atoms with E-state index >= 15 is 0 Å². The summed E-state index contributed by atoms with van der Waals surface area (Å²) in [6.45, 7) is 8.04. The third-order valence-electron chi connectivity index (χ3n) is 10.1. The monoisotopic (exact) mass is 621 g/mol. The van der Waals surface area contributed by atoms with Gasteiger partial charge >= 0.3 is 5.97 Å². The van der Waals surface area contributed by atoms with Gasteiger partial charge in [0, 0.05) is 19.0 Å². The maximum absolute atomic E-state index is 14.8. The van der Waals surface area contributed by atoms with Crippen LogP contribution < -0.4 is 5.32 Å². The van der Waals surface area contributed by atoms with Crippen LogP contribution in [0.15, 0.2) is 54.6 Å². The first-order chi connectivity index (χ1) is 21.7. The number of benzene rings is 1. The van der Waals surface area contributed by atoms with Crippen molar-refractivity contribution in [2.24, 2.45) is 17.8 Å². The number of hydrogen-bond donors (Lipinski definition) is 2. The predicted molar refractivity (Wildman–Crippen MR) is 167 cm³/mol. The highest BCUT2D eigenvalue weighted by Crippen LogP contribution is 2.56. The molecule has 0 saturated carbocycles. The van der Waals surface area contributed by atoms with Gasteiger partial charge in [0.15, 0.2) is 0 Å². The fourth-order valence-corrected chi connectivity index (χ4v) is 7.48. The lowest BCUT2D eigenvalue weighted by atomic mass is 9.74. The van der Waals surface area contributed by atoms with Crippen molar-refractivity contribution in [3.63, 3.8) is 0 Å². The first-order valence-electron chi connectivity index (χ1n) is 16.5. The predicted octanol–water partition coefficient (Wildman–Crippen LogP) is 3.31. The number of aliphatic hydroxyl groups is 1. The standard InChI is InChI=1S/C35H47N3O7/c1-5-13-23(4)37-19-12-8-11-16-28(40)36-20-27(24-14-9-7-10-15-24)44-34(43)29-26-17-18-35(45-26)30(29)32(41)38(31(35)33(37)42)25(21-39)22(3)6-2/h7-10,12,14-15,17-18,22-23,25-27,29-31,39H,5-6,11,13,16,19-21H2,1-4H3,(H,36,40)/b12-8-/t22-,23?,25-,26-,27-,29+,30+,31-,35+/m0/s1. The molecule has 9 atom stereocenters. The molecule has 244 valence electrons. The Morgan fingerprint density at radius 1 is 1.07 bits per heavy atom. The third-order valence-corrected chi connectivity index (χ3v) is 10.1. The number of carbonyl (C=O) groups is 4. The van der Waals surface area contributed by atoms with Crippen LogP contribution >= 0.6 is 0 Å². The maximum Gasteiger partial charge on any atom is 0.313 e. The molecule has 1 aromatic rings. The zero-order chi connectivity index (χ0) is 32.3. The van der Waals surface area contributed by atoms with Crippen LogP contribution in [0.4, 0.5) is 0 Å². The Bertz CT molecular complexity index is 1320. The van der Waals surface area contributed by atoms with Crippen molar-refractivity contribution in [3.8, 4) is 0 Å². The van der Waals surface area contributed by atoms with Crippen LogP contribution in [0, 0.1) is 17.8 Å². The quantitative estimate of drug-likeness (QED) is 0.337. The van der Waals surface area contributed by atoms with E-state index in [1.165, 1.54) is 4.90 Å². The highest BCUT2D eigenvalue weighted by molar-refractivity contribution is 5.99. The fourth-order valence-electron chi connectivity index (χ4n) is 7.48. The minimum absolute atomic E-state index is 0.0757. The normalized spacial score (nSPS) is 33.0. The number of esters is 1. The Hall–Kier alpha value is -3.50. The molecule has 2 fully saturated rings. The molecule has 10 nitrogen and oxygen atoms in total. The molecule has 5 bridgehead atoms. The van der Waals surface area contributed by atoms with Gasteiger partial charge in [0.25, 0.3) is 0 Å². The summed E-state index contributed by atoms with van der Waals surface area (Å²) < 4.78 is 12.7. The molecule has 45 heavy (non-hydrogen) atoms. The van der Waals surface area contributed by atoms with Crippen LogP contribution in [-0.4, -0.2) is 88.1 Å². The summed E-state index contributed by atoms with van der Waals surface area (Å²) in [6.07, 6.45) is 8.84. The number of carbonyl (C=O) groups excluding carboxylic acids is 4. The van der Waals surface area contributed by atoms with E-state index in [9.17, 15) is 24.3 Å². The molecule has 4 heterocycles. The lowest BCUT2D eigenvalue weighted by molar-refractivity contribution is -0.161. The van der Waals surface area contributed by atoms with Gasteiger partial charge in [0.2, 0.25) is 17.7 Å². The van der Waals surface area contributed by atoms with Crippen LogP contribution in [0.3, 0.4) is 0 Å². The Morgan fingerprint density at radius 3 is 2.51 bits per heavy atom. The molecule has 1 aromatic carbocycles. The van der Waals surface area contributed by atoms with Crippen molar-refractivity contribution in [2.75, 3.05) is 19.7 Å². The zero-order valence-corrected chi connectivity index (χ0v) is 26.8. The maximum atomic E-state index is 14.8. The van der Waals surface area contributed by atoms with E-state index in [4.69, 9.17) is 9.47 Å². The molecule has 1 unspecified atom stereocenters. The number of fused-ring (bicyclic) bond motifs is 2. The van der Waals surface area contributed by atoms with Crippen molar-refractivity contribution in [1.82, 2.24) is 15.1 Å². The summed E-state index contributed by atoms with van der Waals surface area (Å²) in [6, 6.07) is 7.34. The van der Waals surface area contributed by atoms with Gasteiger partial charge in [-0.1, -0.05) is 88.2 Å². The first-order valence-corrected chi connectivity index (χ1v) is 16.5. The van der Waals surface area contributed by atoms with E-state index < -0.39 is 47.7 Å². The molecule has 4 aliphatic rings. The van der Waals surface area contributed by atoms with Crippen molar-refractivity contribution < 1.29 is 33.8 Å². The van der Waals surface area contributed by atoms with Crippen molar-refractivity contribution >= 4 is 23.7 Å². The van der Waals surface area contributed by atoms with Crippen LogP contribution in [-0.2, 0) is 28.7 Å². The van der Waals surface area contributed by atoms with E-state index in [1.807, 2.05) is 63.3 Å². The highest BCUT2D eigenvalue weighted by Gasteiger charge is 2.74. The average molecular weight is 622 g/mol. The van der Waals surface area contributed by atoms with E-state index in [1.54, 1.807) is 17.1 Å². The molecule has 10 heteroatoms. The Balaban J connectivity index is 1.61. The summed E-state index contributed by atoms with van der Waals surface area (Å²) in [7, 11) is 0. The minimum Gasteiger partial charge on any atom is -0.455 e. The van der Waals surface area contributed by atoms with Gasteiger partial charge < -0.3 is 29.7 Å². The molecule has 4 aliphatic heterocycles. The van der Waals surface area contributed by atoms with Gasteiger partial charge in [0.1, 0.15) is 23.7 Å². The smallest absolute Gasteiger partial charge is 0.313 e.